The molecule has 1 aliphatic rings. The highest BCUT2D eigenvalue weighted by Gasteiger charge is 2.29. The molecule has 94 valence electrons. The molecule has 1 heterocycles. The number of aliphatic hydroxyl groups excluding tert-OH is 1. The number of nitrogens with zero attached hydrogens (tertiary/aromatic N) is 1. The maximum atomic E-state index is 12.3. The van der Waals surface area contributed by atoms with Crippen molar-refractivity contribution >= 4 is 10.0 Å². The van der Waals surface area contributed by atoms with Gasteiger partial charge in [0.25, 0.3) is 0 Å². The number of benzene rings is 1. The summed E-state index contributed by atoms with van der Waals surface area (Å²) in [6.45, 7) is 1.03. The third-order valence-electron chi connectivity index (χ3n) is 3.12. The fourth-order valence-corrected chi connectivity index (χ4v) is 3.71. The van der Waals surface area contributed by atoms with Gasteiger partial charge < -0.3 is 5.11 Å². The molecule has 1 aromatic rings. The predicted molar refractivity (Wildman–Crippen MR) is 65.0 cm³/mol. The quantitative estimate of drug-likeness (QED) is 0.879. The highest BCUT2D eigenvalue weighted by molar-refractivity contribution is 7.89. The van der Waals surface area contributed by atoms with Crippen molar-refractivity contribution in [3.8, 4) is 0 Å². The van der Waals surface area contributed by atoms with Gasteiger partial charge in [0, 0.05) is 19.7 Å². The highest BCUT2D eigenvalue weighted by Crippen LogP contribution is 2.23. The zero-order chi connectivity index (χ0) is 12.3. The Morgan fingerprint density at radius 3 is 2.65 bits per heavy atom. The molecular formula is C12H17NO3S. The van der Waals surface area contributed by atoms with Crippen LogP contribution >= 0.6 is 0 Å². The summed E-state index contributed by atoms with van der Waals surface area (Å²) in [5, 5.41) is 9.12. The van der Waals surface area contributed by atoms with Crippen molar-refractivity contribution in [1.82, 2.24) is 4.31 Å². The second kappa shape index (κ2) is 5.16. The third-order valence-corrected chi connectivity index (χ3v) is 5.00. The fourth-order valence-electron chi connectivity index (χ4n) is 2.14. The zero-order valence-corrected chi connectivity index (χ0v) is 10.4. The van der Waals surface area contributed by atoms with E-state index < -0.39 is 10.0 Å². The molecule has 0 bridgehead atoms. The molecule has 4 nitrogen and oxygen atoms in total. The van der Waals surface area contributed by atoms with Gasteiger partial charge in [0.05, 0.1) is 4.90 Å². The molecule has 0 spiro atoms. The lowest BCUT2D eigenvalue weighted by Gasteiger charge is -2.30. The van der Waals surface area contributed by atoms with Gasteiger partial charge >= 0.3 is 0 Å². The first-order valence-corrected chi connectivity index (χ1v) is 7.24. The van der Waals surface area contributed by atoms with Gasteiger partial charge in [0.15, 0.2) is 0 Å². The second-order valence-electron chi connectivity index (χ2n) is 4.37. The minimum atomic E-state index is -3.38. The van der Waals surface area contributed by atoms with Crippen molar-refractivity contribution in [3.63, 3.8) is 0 Å². The van der Waals surface area contributed by atoms with Crippen LogP contribution in [-0.4, -0.2) is 37.5 Å². The van der Waals surface area contributed by atoms with Crippen molar-refractivity contribution < 1.29 is 13.5 Å². The van der Waals surface area contributed by atoms with E-state index in [1.807, 2.05) is 0 Å². The number of piperidine rings is 1. The molecule has 0 aliphatic carbocycles. The molecule has 2 rings (SSSR count). The SMILES string of the molecule is O=S(=O)(c1ccccc1)N1CCC[C@H](CO)C1. The van der Waals surface area contributed by atoms with Crippen molar-refractivity contribution in [1.29, 1.82) is 0 Å². The lowest BCUT2D eigenvalue weighted by Crippen LogP contribution is -2.40. The molecule has 1 saturated heterocycles. The van der Waals surface area contributed by atoms with Gasteiger partial charge in [-0.3, -0.25) is 0 Å². The van der Waals surface area contributed by atoms with Crippen molar-refractivity contribution in [2.24, 2.45) is 5.92 Å². The van der Waals surface area contributed by atoms with E-state index in [2.05, 4.69) is 0 Å². The van der Waals surface area contributed by atoms with E-state index in [0.29, 0.717) is 18.0 Å². The van der Waals surface area contributed by atoms with E-state index >= 15 is 0 Å². The second-order valence-corrected chi connectivity index (χ2v) is 6.30. The van der Waals surface area contributed by atoms with E-state index in [1.54, 1.807) is 30.3 Å². The summed E-state index contributed by atoms with van der Waals surface area (Å²) in [5.74, 6) is 0.0715. The fraction of sp³-hybridized carbons (Fsp3) is 0.500. The Bertz CT molecular complexity index is 458. The van der Waals surface area contributed by atoms with Gasteiger partial charge in [-0.25, -0.2) is 8.42 Å². The van der Waals surface area contributed by atoms with Crippen LogP contribution in [0.2, 0.25) is 0 Å². The molecule has 0 amide bonds. The lowest BCUT2D eigenvalue weighted by molar-refractivity contribution is 0.165. The van der Waals surface area contributed by atoms with E-state index in [1.165, 1.54) is 4.31 Å². The molecule has 1 N–H and O–H groups in total. The first kappa shape index (κ1) is 12.5. The van der Waals surface area contributed by atoms with Crippen molar-refractivity contribution in [2.75, 3.05) is 19.7 Å². The zero-order valence-electron chi connectivity index (χ0n) is 9.62. The van der Waals surface area contributed by atoms with Crippen LogP contribution in [-0.2, 0) is 10.0 Å². The summed E-state index contributed by atoms with van der Waals surface area (Å²) < 4.78 is 26.1. The predicted octanol–water partition coefficient (Wildman–Crippen LogP) is 1.08. The van der Waals surface area contributed by atoms with Crippen LogP contribution in [0, 0.1) is 5.92 Å². The number of hydrogen-bond acceptors (Lipinski definition) is 3. The summed E-state index contributed by atoms with van der Waals surface area (Å²) in [5.41, 5.74) is 0. The first-order chi connectivity index (χ1) is 8.14. The largest absolute Gasteiger partial charge is 0.396 e. The normalized spacial score (nSPS) is 22.5. The average Bonchev–Trinajstić information content (AvgIpc) is 2.40. The molecule has 0 aromatic heterocycles. The van der Waals surface area contributed by atoms with E-state index in [4.69, 9.17) is 5.11 Å². The number of rotatable bonds is 3. The Morgan fingerprint density at radius 2 is 2.00 bits per heavy atom. The van der Waals surface area contributed by atoms with Gasteiger partial charge in [0.1, 0.15) is 0 Å². The van der Waals surface area contributed by atoms with E-state index in [-0.39, 0.29) is 12.5 Å². The Labute approximate surface area is 102 Å². The summed E-state index contributed by atoms with van der Waals surface area (Å²) >= 11 is 0. The molecule has 0 radical (unpaired) electrons. The summed E-state index contributed by atoms with van der Waals surface area (Å²) in [4.78, 5) is 0.332. The maximum absolute atomic E-state index is 12.3. The highest BCUT2D eigenvalue weighted by atomic mass is 32.2. The average molecular weight is 255 g/mol. The molecular weight excluding hydrogens is 238 g/mol. The monoisotopic (exact) mass is 255 g/mol. The minimum Gasteiger partial charge on any atom is -0.396 e. The van der Waals surface area contributed by atoms with E-state index in [9.17, 15) is 8.42 Å². The molecule has 0 saturated carbocycles. The van der Waals surface area contributed by atoms with Gasteiger partial charge in [-0.05, 0) is 30.9 Å². The summed E-state index contributed by atoms with van der Waals surface area (Å²) in [6, 6.07) is 8.46. The molecule has 1 aromatic carbocycles. The molecule has 5 heteroatoms. The van der Waals surface area contributed by atoms with Crippen LogP contribution in [0.1, 0.15) is 12.8 Å². The molecule has 1 fully saturated rings. The van der Waals surface area contributed by atoms with Gasteiger partial charge in [-0.15, -0.1) is 0 Å². The Hall–Kier alpha value is -0.910. The summed E-state index contributed by atoms with van der Waals surface area (Å²) in [6.07, 6.45) is 1.72. The van der Waals surface area contributed by atoms with Crippen LogP contribution in [0.25, 0.3) is 0 Å². The van der Waals surface area contributed by atoms with Crippen LogP contribution in [0.5, 0.6) is 0 Å². The number of aliphatic hydroxyl groups is 1. The number of hydrogen-bond donors (Lipinski definition) is 1. The maximum Gasteiger partial charge on any atom is 0.243 e. The van der Waals surface area contributed by atoms with Crippen LogP contribution < -0.4 is 0 Å². The van der Waals surface area contributed by atoms with Crippen LogP contribution in [0.3, 0.4) is 0 Å². The first-order valence-electron chi connectivity index (χ1n) is 5.80. The van der Waals surface area contributed by atoms with Crippen LogP contribution in [0.15, 0.2) is 35.2 Å². The Morgan fingerprint density at radius 1 is 1.29 bits per heavy atom. The molecule has 17 heavy (non-hydrogen) atoms. The standard InChI is InChI=1S/C12H17NO3S/c14-10-11-5-4-8-13(9-11)17(15,16)12-6-2-1-3-7-12/h1-3,6-7,11,14H,4-5,8-10H2/t11-/m0/s1. The Kier molecular flexibility index (Phi) is 3.81. The summed E-state index contributed by atoms with van der Waals surface area (Å²) in [7, 11) is -3.38. The topological polar surface area (TPSA) is 57.6 Å². The number of sulfonamides is 1. The van der Waals surface area contributed by atoms with Crippen molar-refractivity contribution in [2.45, 2.75) is 17.7 Å². The van der Waals surface area contributed by atoms with Gasteiger partial charge in [-0.1, -0.05) is 18.2 Å². The smallest absolute Gasteiger partial charge is 0.243 e. The molecule has 1 aliphatic heterocycles. The van der Waals surface area contributed by atoms with Crippen molar-refractivity contribution in [3.05, 3.63) is 30.3 Å². The van der Waals surface area contributed by atoms with Gasteiger partial charge in [-0.2, -0.15) is 4.31 Å². The molecule has 1 atom stereocenters. The van der Waals surface area contributed by atoms with E-state index in [0.717, 1.165) is 12.8 Å². The third kappa shape index (κ3) is 2.68. The lowest BCUT2D eigenvalue weighted by atomic mass is 10.0. The minimum absolute atomic E-state index is 0.0564. The van der Waals surface area contributed by atoms with Crippen LogP contribution in [0.4, 0.5) is 0 Å². The molecule has 0 unspecified atom stereocenters. The van der Waals surface area contributed by atoms with Gasteiger partial charge in [0.2, 0.25) is 10.0 Å². The Balaban J connectivity index is 2.21.